The third-order valence-electron chi connectivity index (χ3n) is 2.94. The molecule has 0 aliphatic heterocycles. The summed E-state index contributed by atoms with van der Waals surface area (Å²) < 4.78 is 1.91. The fourth-order valence-electron chi connectivity index (χ4n) is 1.92. The first-order chi connectivity index (χ1) is 9.76. The molecule has 0 radical (unpaired) electrons. The zero-order chi connectivity index (χ0) is 13.9. The number of anilines is 1. The lowest BCUT2D eigenvalue weighted by Crippen LogP contribution is -2.04. The number of hydrogen-bond donors (Lipinski definition) is 1. The molecule has 0 bridgehead atoms. The van der Waals surface area contributed by atoms with Crippen molar-refractivity contribution in [2.45, 2.75) is 43.6 Å². The lowest BCUT2D eigenvalue weighted by atomic mass is 10.4. The van der Waals surface area contributed by atoms with E-state index in [1.165, 1.54) is 12.8 Å². The van der Waals surface area contributed by atoms with Crippen LogP contribution in [0.5, 0.6) is 0 Å². The summed E-state index contributed by atoms with van der Waals surface area (Å²) in [5, 5.41) is 15.9. The second kappa shape index (κ2) is 5.74. The second-order valence-corrected chi connectivity index (χ2v) is 5.71. The molecule has 1 fully saturated rings. The zero-order valence-electron chi connectivity index (χ0n) is 11.6. The van der Waals surface area contributed by atoms with Crippen molar-refractivity contribution in [3.63, 3.8) is 0 Å². The minimum atomic E-state index is 0.489. The molecule has 0 amide bonds. The van der Waals surface area contributed by atoms with Crippen LogP contribution in [0.2, 0.25) is 0 Å². The minimum Gasteiger partial charge on any atom is -0.370 e. The fraction of sp³-hybridized carbons (Fsp3) is 0.583. The van der Waals surface area contributed by atoms with Crippen LogP contribution in [-0.4, -0.2) is 36.7 Å². The van der Waals surface area contributed by atoms with E-state index in [-0.39, 0.29) is 0 Å². The summed E-state index contributed by atoms with van der Waals surface area (Å²) in [7, 11) is 0. The van der Waals surface area contributed by atoms with E-state index in [2.05, 4.69) is 37.7 Å². The largest absolute Gasteiger partial charge is 0.370 e. The Morgan fingerprint density at radius 2 is 2.25 bits per heavy atom. The number of aromatic nitrogens is 6. The molecular formula is C12H17N7S. The molecule has 0 aromatic carbocycles. The van der Waals surface area contributed by atoms with Crippen molar-refractivity contribution in [1.82, 2.24) is 30.2 Å². The molecule has 20 heavy (non-hydrogen) atoms. The van der Waals surface area contributed by atoms with E-state index in [1.54, 1.807) is 11.8 Å². The van der Waals surface area contributed by atoms with Crippen LogP contribution in [0.4, 0.5) is 5.82 Å². The summed E-state index contributed by atoms with van der Waals surface area (Å²) in [4.78, 5) is 8.95. The van der Waals surface area contributed by atoms with Crippen LogP contribution in [0.1, 0.15) is 37.3 Å². The first-order valence-electron chi connectivity index (χ1n) is 6.75. The van der Waals surface area contributed by atoms with Crippen molar-refractivity contribution in [3.05, 3.63) is 17.6 Å². The minimum absolute atomic E-state index is 0.489. The van der Waals surface area contributed by atoms with Crippen LogP contribution < -0.4 is 5.32 Å². The molecule has 2 heterocycles. The van der Waals surface area contributed by atoms with Gasteiger partial charge in [0, 0.05) is 18.3 Å². The fourth-order valence-corrected chi connectivity index (χ4v) is 2.72. The van der Waals surface area contributed by atoms with Crippen molar-refractivity contribution in [2.24, 2.45) is 0 Å². The molecule has 7 nitrogen and oxygen atoms in total. The maximum Gasteiger partial charge on any atom is 0.210 e. The predicted molar refractivity (Wildman–Crippen MR) is 76.6 cm³/mol. The maximum absolute atomic E-state index is 4.49. The van der Waals surface area contributed by atoms with E-state index in [0.717, 1.165) is 29.0 Å². The zero-order valence-corrected chi connectivity index (χ0v) is 12.4. The normalized spacial score (nSPS) is 14.5. The molecule has 1 saturated carbocycles. The monoisotopic (exact) mass is 291 g/mol. The van der Waals surface area contributed by atoms with E-state index in [4.69, 9.17) is 0 Å². The number of thioether (sulfide) groups is 1. The molecule has 1 N–H and O–H groups in total. The van der Waals surface area contributed by atoms with Crippen LogP contribution in [0.25, 0.3) is 0 Å². The number of tetrazole rings is 1. The van der Waals surface area contributed by atoms with E-state index in [9.17, 15) is 0 Å². The number of nitrogens with zero attached hydrogens (tertiary/aromatic N) is 6. The molecule has 8 heteroatoms. The van der Waals surface area contributed by atoms with Gasteiger partial charge in [0.15, 0.2) is 0 Å². The lowest BCUT2D eigenvalue weighted by molar-refractivity contribution is 0.565. The smallest absolute Gasteiger partial charge is 0.210 e. The Morgan fingerprint density at radius 1 is 1.40 bits per heavy atom. The first kappa shape index (κ1) is 13.3. The summed E-state index contributed by atoms with van der Waals surface area (Å²) in [6.45, 7) is 4.88. The van der Waals surface area contributed by atoms with Crippen molar-refractivity contribution in [3.8, 4) is 0 Å². The van der Waals surface area contributed by atoms with Crippen molar-refractivity contribution >= 4 is 17.6 Å². The van der Waals surface area contributed by atoms with Gasteiger partial charge >= 0.3 is 0 Å². The van der Waals surface area contributed by atoms with E-state index < -0.39 is 0 Å². The standard InChI is InChI=1S/C12H17N7S/c1-3-13-10-6-8(2)14-11(15-10)7-20-12-16-17-18-19(12)9-4-5-9/h6,9H,3-5,7H2,1-2H3,(H,13,14,15). The first-order valence-corrected chi connectivity index (χ1v) is 7.74. The number of aryl methyl sites for hydroxylation is 1. The topological polar surface area (TPSA) is 81.4 Å². The molecule has 0 spiro atoms. The Kier molecular flexibility index (Phi) is 3.81. The van der Waals surface area contributed by atoms with Crippen molar-refractivity contribution in [1.29, 1.82) is 0 Å². The average Bonchev–Trinajstić information content (AvgIpc) is 3.15. The molecule has 1 aliphatic carbocycles. The molecule has 2 aromatic rings. The molecule has 0 atom stereocenters. The molecule has 0 saturated heterocycles. The quantitative estimate of drug-likeness (QED) is 0.813. The average molecular weight is 291 g/mol. The Hall–Kier alpha value is -1.70. The highest BCUT2D eigenvalue weighted by atomic mass is 32.2. The van der Waals surface area contributed by atoms with Gasteiger partial charge in [0.2, 0.25) is 5.16 Å². The van der Waals surface area contributed by atoms with Gasteiger partial charge in [0.05, 0.1) is 11.8 Å². The van der Waals surface area contributed by atoms with E-state index >= 15 is 0 Å². The Morgan fingerprint density at radius 3 is 3.00 bits per heavy atom. The molecule has 3 rings (SSSR count). The molecular weight excluding hydrogens is 274 g/mol. The summed E-state index contributed by atoms with van der Waals surface area (Å²) in [5.74, 6) is 2.35. The highest BCUT2D eigenvalue weighted by Crippen LogP contribution is 2.36. The Bertz CT molecular complexity index is 593. The summed E-state index contributed by atoms with van der Waals surface area (Å²) in [6, 6.07) is 2.44. The molecule has 0 unspecified atom stereocenters. The van der Waals surface area contributed by atoms with Gasteiger partial charge in [-0.05, 0) is 37.1 Å². The number of rotatable bonds is 6. The third kappa shape index (κ3) is 3.06. The summed E-state index contributed by atoms with van der Waals surface area (Å²) in [5.41, 5.74) is 0.966. The van der Waals surface area contributed by atoms with Crippen LogP contribution >= 0.6 is 11.8 Å². The van der Waals surface area contributed by atoms with Crippen LogP contribution in [0, 0.1) is 6.92 Å². The van der Waals surface area contributed by atoms with Crippen LogP contribution in [0.15, 0.2) is 11.2 Å². The SMILES string of the molecule is CCNc1cc(C)nc(CSc2nnnn2C2CC2)n1. The maximum atomic E-state index is 4.49. The van der Waals surface area contributed by atoms with Gasteiger partial charge in [-0.2, -0.15) is 0 Å². The van der Waals surface area contributed by atoms with Crippen LogP contribution in [-0.2, 0) is 5.75 Å². The summed E-state index contributed by atoms with van der Waals surface area (Å²) in [6.07, 6.45) is 2.34. The van der Waals surface area contributed by atoms with Gasteiger partial charge in [0.1, 0.15) is 11.6 Å². The van der Waals surface area contributed by atoms with E-state index in [0.29, 0.717) is 11.8 Å². The Labute approximate surface area is 121 Å². The van der Waals surface area contributed by atoms with Crippen LogP contribution in [0.3, 0.4) is 0 Å². The number of nitrogens with one attached hydrogen (secondary N) is 1. The molecule has 106 valence electrons. The highest BCUT2D eigenvalue weighted by Gasteiger charge is 2.27. The van der Waals surface area contributed by atoms with Gasteiger partial charge in [-0.25, -0.2) is 14.6 Å². The lowest BCUT2D eigenvalue weighted by Gasteiger charge is -2.06. The van der Waals surface area contributed by atoms with Gasteiger partial charge < -0.3 is 5.32 Å². The molecule has 2 aromatic heterocycles. The third-order valence-corrected chi connectivity index (χ3v) is 3.87. The number of hydrogen-bond acceptors (Lipinski definition) is 7. The molecule has 1 aliphatic rings. The Balaban J connectivity index is 1.69. The second-order valence-electron chi connectivity index (χ2n) is 4.77. The van der Waals surface area contributed by atoms with E-state index in [1.807, 2.05) is 17.7 Å². The van der Waals surface area contributed by atoms with Gasteiger partial charge in [-0.15, -0.1) is 5.10 Å². The predicted octanol–water partition coefficient (Wildman–Crippen LogP) is 1.83. The van der Waals surface area contributed by atoms with Crippen molar-refractivity contribution in [2.75, 3.05) is 11.9 Å². The summed E-state index contributed by atoms with van der Waals surface area (Å²) >= 11 is 1.58. The van der Waals surface area contributed by atoms with Gasteiger partial charge in [0.25, 0.3) is 0 Å². The van der Waals surface area contributed by atoms with Gasteiger partial charge in [-0.1, -0.05) is 11.8 Å². The van der Waals surface area contributed by atoms with Crippen molar-refractivity contribution < 1.29 is 0 Å². The highest BCUT2D eigenvalue weighted by molar-refractivity contribution is 7.98. The van der Waals surface area contributed by atoms with Gasteiger partial charge in [-0.3, -0.25) is 0 Å².